The normalized spacial score (nSPS) is 12.4. The van der Waals surface area contributed by atoms with E-state index in [9.17, 15) is 19.7 Å². The van der Waals surface area contributed by atoms with Crippen LogP contribution in [0.25, 0.3) is 0 Å². The average molecular weight is 308 g/mol. The van der Waals surface area contributed by atoms with Crippen LogP contribution in [0, 0.1) is 10.1 Å². The zero-order valence-electron chi connectivity index (χ0n) is 13.1. The molecule has 1 aromatic rings. The molecule has 1 aromatic carbocycles. The summed E-state index contributed by atoms with van der Waals surface area (Å²) in [6.45, 7) is 6.50. The Hall–Kier alpha value is -2.44. The first-order valence-corrected chi connectivity index (χ1v) is 6.82. The Bertz CT molecular complexity index is 578. The second kappa shape index (κ2) is 7.02. The van der Waals surface area contributed by atoms with Gasteiger partial charge in [0.1, 0.15) is 5.60 Å². The fourth-order valence-corrected chi connectivity index (χ4v) is 1.78. The number of nitro benzene ring substituents is 1. The summed E-state index contributed by atoms with van der Waals surface area (Å²) < 4.78 is 5.11. The van der Waals surface area contributed by atoms with Crippen LogP contribution < -0.4 is 5.32 Å². The number of Topliss-reactive ketones (excluding diaryl/α,β-unsaturated/α-hetero) is 1. The number of non-ortho nitro benzene ring substituents is 1. The van der Waals surface area contributed by atoms with E-state index in [0.717, 1.165) is 0 Å². The molecule has 120 valence electrons. The van der Waals surface area contributed by atoms with Crippen molar-refractivity contribution in [3.8, 4) is 0 Å². The van der Waals surface area contributed by atoms with Crippen LogP contribution in [0.15, 0.2) is 24.3 Å². The van der Waals surface area contributed by atoms with E-state index in [4.69, 9.17) is 4.74 Å². The number of hydrogen-bond donors (Lipinski definition) is 1. The molecule has 7 nitrogen and oxygen atoms in total. The Morgan fingerprint density at radius 2 is 2.00 bits per heavy atom. The van der Waals surface area contributed by atoms with Crippen LogP contribution in [0.4, 0.5) is 10.5 Å². The third kappa shape index (κ3) is 5.90. The number of ketones is 1. The Labute approximate surface area is 128 Å². The number of nitrogens with one attached hydrogen (secondary N) is 1. The van der Waals surface area contributed by atoms with Gasteiger partial charge >= 0.3 is 6.09 Å². The zero-order chi connectivity index (χ0) is 16.9. The molecule has 0 spiro atoms. The van der Waals surface area contributed by atoms with Gasteiger partial charge in [-0.15, -0.1) is 0 Å². The Balaban J connectivity index is 2.81. The summed E-state index contributed by atoms with van der Waals surface area (Å²) in [6, 6.07) is 5.16. The summed E-state index contributed by atoms with van der Waals surface area (Å²) in [4.78, 5) is 33.7. The molecule has 0 aromatic heterocycles. The summed E-state index contributed by atoms with van der Waals surface area (Å²) >= 11 is 0. The first kappa shape index (κ1) is 17.6. The summed E-state index contributed by atoms with van der Waals surface area (Å²) in [5, 5.41) is 13.2. The van der Waals surface area contributed by atoms with Crippen LogP contribution in [0.2, 0.25) is 0 Å². The van der Waals surface area contributed by atoms with Gasteiger partial charge in [-0.05, 0) is 33.3 Å². The lowest BCUT2D eigenvalue weighted by Gasteiger charge is -2.22. The molecule has 1 N–H and O–H groups in total. The molecular formula is C15H20N2O5. The molecule has 0 aliphatic rings. The van der Waals surface area contributed by atoms with E-state index in [1.807, 2.05) is 0 Å². The summed E-state index contributed by atoms with van der Waals surface area (Å²) in [5.41, 5.74) is -0.140. The predicted molar refractivity (Wildman–Crippen MR) is 80.6 cm³/mol. The molecule has 1 rings (SSSR count). The lowest BCUT2D eigenvalue weighted by molar-refractivity contribution is -0.384. The van der Waals surface area contributed by atoms with Crippen molar-refractivity contribution in [1.29, 1.82) is 0 Å². The molecule has 0 unspecified atom stereocenters. The van der Waals surface area contributed by atoms with E-state index >= 15 is 0 Å². The molecule has 22 heavy (non-hydrogen) atoms. The number of hydrogen-bond acceptors (Lipinski definition) is 5. The maximum Gasteiger partial charge on any atom is 0.408 e. The van der Waals surface area contributed by atoms with Crippen molar-refractivity contribution in [3.05, 3.63) is 39.9 Å². The van der Waals surface area contributed by atoms with Crippen LogP contribution >= 0.6 is 0 Å². The smallest absolute Gasteiger partial charge is 0.408 e. The number of ether oxygens (including phenoxy) is 1. The largest absolute Gasteiger partial charge is 0.444 e. The van der Waals surface area contributed by atoms with E-state index < -0.39 is 22.7 Å². The lowest BCUT2D eigenvalue weighted by atomic mass is 10.0. The molecule has 0 fully saturated rings. The number of rotatable bonds is 5. The van der Waals surface area contributed by atoms with Gasteiger partial charge in [0, 0.05) is 18.6 Å². The van der Waals surface area contributed by atoms with Gasteiger partial charge in [-0.25, -0.2) is 4.79 Å². The maximum absolute atomic E-state index is 11.7. The van der Waals surface area contributed by atoms with E-state index in [1.54, 1.807) is 26.8 Å². The minimum Gasteiger partial charge on any atom is -0.444 e. The second-order valence-electron chi connectivity index (χ2n) is 5.94. The molecular weight excluding hydrogens is 288 g/mol. The Kier molecular flexibility index (Phi) is 5.62. The topological polar surface area (TPSA) is 98.5 Å². The summed E-state index contributed by atoms with van der Waals surface area (Å²) in [6.07, 6.45) is -0.533. The van der Waals surface area contributed by atoms with E-state index in [1.165, 1.54) is 25.1 Å². The first-order valence-electron chi connectivity index (χ1n) is 6.82. The quantitative estimate of drug-likeness (QED) is 0.666. The van der Waals surface area contributed by atoms with Gasteiger partial charge in [0.05, 0.1) is 11.0 Å². The van der Waals surface area contributed by atoms with Crippen molar-refractivity contribution in [2.24, 2.45) is 0 Å². The first-order chi connectivity index (χ1) is 10.1. The highest BCUT2D eigenvalue weighted by molar-refractivity contribution is 5.85. The van der Waals surface area contributed by atoms with E-state index in [2.05, 4.69) is 5.32 Å². The van der Waals surface area contributed by atoms with Gasteiger partial charge in [0.15, 0.2) is 5.78 Å². The van der Waals surface area contributed by atoms with Gasteiger partial charge in [-0.1, -0.05) is 12.1 Å². The zero-order valence-corrected chi connectivity index (χ0v) is 13.1. The van der Waals surface area contributed by atoms with Gasteiger partial charge in [-0.2, -0.15) is 0 Å². The molecule has 1 amide bonds. The molecule has 0 saturated heterocycles. The molecule has 0 bridgehead atoms. The Morgan fingerprint density at radius 3 is 2.50 bits per heavy atom. The average Bonchev–Trinajstić information content (AvgIpc) is 2.35. The third-order valence-corrected chi connectivity index (χ3v) is 2.74. The minimum absolute atomic E-state index is 0.0583. The van der Waals surface area contributed by atoms with Gasteiger partial charge in [0.2, 0.25) is 0 Å². The molecule has 0 aliphatic heterocycles. The van der Waals surface area contributed by atoms with E-state index in [-0.39, 0.29) is 17.9 Å². The maximum atomic E-state index is 11.7. The second-order valence-corrected chi connectivity index (χ2v) is 5.94. The van der Waals surface area contributed by atoms with Gasteiger partial charge in [0.25, 0.3) is 5.69 Å². The predicted octanol–water partition coefficient (Wildman–Crippen LogP) is 2.62. The number of carbonyl (C=O) groups excluding carboxylic acids is 2. The molecule has 1 atom stereocenters. The highest BCUT2D eigenvalue weighted by Crippen LogP contribution is 2.15. The number of amides is 1. The number of nitro groups is 1. The van der Waals surface area contributed by atoms with Gasteiger partial charge in [-0.3, -0.25) is 14.9 Å². The monoisotopic (exact) mass is 308 g/mol. The molecule has 0 heterocycles. The van der Waals surface area contributed by atoms with Crippen molar-refractivity contribution < 1.29 is 19.2 Å². The number of nitrogens with zero attached hydrogens (tertiary/aromatic N) is 1. The van der Waals surface area contributed by atoms with Crippen LogP contribution in [-0.2, 0) is 16.0 Å². The SMILES string of the molecule is CC(=O)[C@H](Cc1cccc([N+](=O)[O-])c1)NC(=O)OC(C)(C)C. The number of alkyl carbamates (subject to hydrolysis) is 1. The number of benzene rings is 1. The van der Waals surface area contributed by atoms with Crippen molar-refractivity contribution >= 4 is 17.6 Å². The van der Waals surface area contributed by atoms with Crippen LogP contribution in [0.1, 0.15) is 33.3 Å². The van der Waals surface area contributed by atoms with Crippen LogP contribution in [0.5, 0.6) is 0 Å². The fourth-order valence-electron chi connectivity index (χ4n) is 1.78. The van der Waals surface area contributed by atoms with E-state index in [0.29, 0.717) is 5.56 Å². The van der Waals surface area contributed by atoms with Crippen LogP contribution in [0.3, 0.4) is 0 Å². The number of carbonyl (C=O) groups is 2. The van der Waals surface area contributed by atoms with Crippen molar-refractivity contribution in [2.45, 2.75) is 45.8 Å². The third-order valence-electron chi connectivity index (χ3n) is 2.74. The lowest BCUT2D eigenvalue weighted by Crippen LogP contribution is -2.43. The summed E-state index contributed by atoms with van der Waals surface area (Å²) in [5.74, 6) is -0.252. The van der Waals surface area contributed by atoms with Crippen molar-refractivity contribution in [1.82, 2.24) is 5.32 Å². The standard InChI is InChI=1S/C15H20N2O5/c1-10(18)13(16-14(19)22-15(2,3)4)9-11-6-5-7-12(8-11)17(20)21/h5-8,13H,9H2,1-4H3,(H,16,19)/t13-/m0/s1. The fraction of sp³-hybridized carbons (Fsp3) is 0.467. The Morgan fingerprint density at radius 1 is 1.36 bits per heavy atom. The molecule has 7 heteroatoms. The van der Waals surface area contributed by atoms with Crippen LogP contribution in [-0.4, -0.2) is 28.4 Å². The van der Waals surface area contributed by atoms with Crippen molar-refractivity contribution in [2.75, 3.05) is 0 Å². The highest BCUT2D eigenvalue weighted by Gasteiger charge is 2.22. The van der Waals surface area contributed by atoms with Gasteiger partial charge < -0.3 is 10.1 Å². The molecule has 0 aliphatic carbocycles. The molecule has 0 saturated carbocycles. The summed E-state index contributed by atoms with van der Waals surface area (Å²) in [7, 11) is 0. The highest BCUT2D eigenvalue weighted by atomic mass is 16.6. The van der Waals surface area contributed by atoms with Crippen molar-refractivity contribution in [3.63, 3.8) is 0 Å². The minimum atomic E-state index is -0.795. The molecule has 0 radical (unpaired) electrons.